The molecule has 4 heteroatoms. The molecule has 0 amide bonds. The van der Waals surface area contributed by atoms with Gasteiger partial charge >= 0.3 is 0 Å². The van der Waals surface area contributed by atoms with E-state index in [1.165, 1.54) is 32.1 Å². The second-order valence-electron chi connectivity index (χ2n) is 5.87. The molecular weight excluding hydrogens is 260 g/mol. The molecule has 1 fully saturated rings. The van der Waals surface area contributed by atoms with Crippen molar-refractivity contribution < 1.29 is 0 Å². The molecular formula is C17H24N4. The normalized spacial score (nSPS) is 22.2. The summed E-state index contributed by atoms with van der Waals surface area (Å²) < 4.78 is 0. The molecule has 0 bridgehead atoms. The first-order valence-corrected chi connectivity index (χ1v) is 8.03. The number of aromatic nitrogens is 2. The molecule has 4 nitrogen and oxygen atoms in total. The number of nitrogens with zero attached hydrogens (tertiary/aromatic N) is 2. The van der Waals surface area contributed by atoms with Crippen molar-refractivity contribution in [3.8, 4) is 0 Å². The highest BCUT2D eigenvalue weighted by Crippen LogP contribution is 2.31. The number of rotatable bonds is 4. The number of anilines is 2. The van der Waals surface area contributed by atoms with E-state index in [0.717, 1.165) is 22.6 Å². The van der Waals surface area contributed by atoms with E-state index in [0.29, 0.717) is 12.0 Å². The predicted molar refractivity (Wildman–Crippen MR) is 88.7 cm³/mol. The second kappa shape index (κ2) is 6.29. The molecule has 0 spiro atoms. The van der Waals surface area contributed by atoms with E-state index in [1.54, 1.807) is 0 Å². The van der Waals surface area contributed by atoms with E-state index in [4.69, 9.17) is 0 Å². The number of hydrogen-bond acceptors (Lipinski definition) is 4. The maximum absolute atomic E-state index is 4.65. The second-order valence-corrected chi connectivity index (χ2v) is 5.87. The molecule has 1 aliphatic rings. The van der Waals surface area contributed by atoms with E-state index in [-0.39, 0.29) is 0 Å². The van der Waals surface area contributed by atoms with Crippen molar-refractivity contribution in [2.75, 3.05) is 17.7 Å². The number of benzene rings is 1. The van der Waals surface area contributed by atoms with E-state index >= 15 is 0 Å². The summed E-state index contributed by atoms with van der Waals surface area (Å²) in [5.74, 6) is 2.40. The lowest BCUT2D eigenvalue weighted by Gasteiger charge is -2.32. The Labute approximate surface area is 126 Å². The largest absolute Gasteiger partial charge is 0.366 e. The molecule has 2 atom stereocenters. The Morgan fingerprint density at radius 1 is 1.14 bits per heavy atom. The van der Waals surface area contributed by atoms with Gasteiger partial charge in [-0.25, -0.2) is 4.98 Å². The number of para-hydroxylation sites is 1. The van der Waals surface area contributed by atoms with Crippen molar-refractivity contribution >= 4 is 22.7 Å². The summed E-state index contributed by atoms with van der Waals surface area (Å²) in [6.07, 6.45) is 6.49. The van der Waals surface area contributed by atoms with Crippen LogP contribution in [0, 0.1) is 5.92 Å². The first kappa shape index (κ1) is 14.1. The van der Waals surface area contributed by atoms with Gasteiger partial charge in [-0.05, 0) is 30.9 Å². The predicted octanol–water partition coefficient (Wildman–Crippen LogP) is 4.05. The van der Waals surface area contributed by atoms with Gasteiger partial charge in [-0.3, -0.25) is 0 Å². The van der Waals surface area contributed by atoms with Crippen molar-refractivity contribution in [3.63, 3.8) is 0 Å². The minimum atomic E-state index is 0.534. The number of nitrogens with one attached hydrogen (secondary N) is 2. The van der Waals surface area contributed by atoms with Crippen molar-refractivity contribution in [2.45, 2.75) is 45.1 Å². The van der Waals surface area contributed by atoms with Crippen molar-refractivity contribution in [3.05, 3.63) is 24.3 Å². The molecule has 2 aromatic rings. The minimum Gasteiger partial charge on any atom is -0.366 e. The van der Waals surface area contributed by atoms with Crippen LogP contribution in [0.1, 0.15) is 39.0 Å². The Bertz CT molecular complexity index is 611. The van der Waals surface area contributed by atoms with Crippen LogP contribution in [-0.2, 0) is 0 Å². The zero-order valence-electron chi connectivity index (χ0n) is 12.9. The molecule has 0 radical (unpaired) electrons. The van der Waals surface area contributed by atoms with Gasteiger partial charge in [-0.1, -0.05) is 38.3 Å². The molecule has 0 saturated heterocycles. The molecule has 112 valence electrons. The molecule has 1 aromatic carbocycles. The van der Waals surface area contributed by atoms with Crippen LogP contribution in [0.2, 0.25) is 0 Å². The van der Waals surface area contributed by atoms with Crippen LogP contribution in [0.5, 0.6) is 0 Å². The van der Waals surface area contributed by atoms with Crippen LogP contribution in [0.4, 0.5) is 11.8 Å². The van der Waals surface area contributed by atoms with Crippen LogP contribution >= 0.6 is 0 Å². The average molecular weight is 284 g/mol. The van der Waals surface area contributed by atoms with E-state index < -0.39 is 0 Å². The molecule has 1 aromatic heterocycles. The zero-order chi connectivity index (χ0) is 14.7. The quantitative estimate of drug-likeness (QED) is 0.889. The van der Waals surface area contributed by atoms with Gasteiger partial charge in [0.15, 0.2) is 0 Å². The van der Waals surface area contributed by atoms with Gasteiger partial charge in [0, 0.05) is 18.5 Å². The molecule has 1 saturated carbocycles. The fourth-order valence-electron chi connectivity index (χ4n) is 3.36. The Balaban J connectivity index is 1.95. The fraction of sp³-hybridized carbons (Fsp3) is 0.529. The lowest BCUT2D eigenvalue weighted by Crippen LogP contribution is -2.32. The van der Waals surface area contributed by atoms with Gasteiger partial charge in [0.25, 0.3) is 0 Å². The summed E-state index contributed by atoms with van der Waals surface area (Å²) in [5.41, 5.74) is 0.989. The zero-order valence-corrected chi connectivity index (χ0v) is 12.9. The third kappa shape index (κ3) is 2.94. The number of fused-ring (bicyclic) bond motifs is 1. The van der Waals surface area contributed by atoms with E-state index in [2.05, 4.69) is 33.6 Å². The van der Waals surface area contributed by atoms with E-state index in [9.17, 15) is 0 Å². The van der Waals surface area contributed by atoms with Gasteiger partial charge < -0.3 is 10.6 Å². The molecule has 1 aliphatic carbocycles. The van der Waals surface area contributed by atoms with Crippen molar-refractivity contribution in [1.29, 1.82) is 0 Å². The summed E-state index contributed by atoms with van der Waals surface area (Å²) >= 11 is 0. The summed E-state index contributed by atoms with van der Waals surface area (Å²) in [6.45, 7) is 2.29. The van der Waals surface area contributed by atoms with E-state index in [1.807, 2.05) is 25.2 Å². The molecule has 1 heterocycles. The SMILES string of the molecule is CCC1CCCCC1Nc1nc(NC)nc2ccccc12. The number of hydrogen-bond donors (Lipinski definition) is 2. The molecule has 3 rings (SSSR count). The summed E-state index contributed by atoms with van der Waals surface area (Å²) in [6, 6.07) is 8.75. The van der Waals surface area contributed by atoms with Crippen molar-refractivity contribution in [1.82, 2.24) is 9.97 Å². The average Bonchev–Trinajstić information content (AvgIpc) is 2.55. The van der Waals surface area contributed by atoms with Gasteiger partial charge in [0.05, 0.1) is 5.52 Å². The lowest BCUT2D eigenvalue weighted by atomic mass is 9.83. The topological polar surface area (TPSA) is 49.8 Å². The van der Waals surface area contributed by atoms with Gasteiger partial charge in [0.2, 0.25) is 5.95 Å². The minimum absolute atomic E-state index is 0.534. The van der Waals surface area contributed by atoms with Crippen LogP contribution in [0.3, 0.4) is 0 Å². The maximum atomic E-state index is 4.65. The smallest absolute Gasteiger partial charge is 0.224 e. The van der Waals surface area contributed by atoms with Crippen LogP contribution in [0.25, 0.3) is 10.9 Å². The lowest BCUT2D eigenvalue weighted by molar-refractivity contribution is 0.317. The van der Waals surface area contributed by atoms with Gasteiger partial charge in [-0.15, -0.1) is 0 Å². The maximum Gasteiger partial charge on any atom is 0.224 e. The molecule has 0 aliphatic heterocycles. The molecule has 2 N–H and O–H groups in total. The molecule has 2 unspecified atom stereocenters. The Hall–Kier alpha value is -1.84. The van der Waals surface area contributed by atoms with Crippen LogP contribution < -0.4 is 10.6 Å². The van der Waals surface area contributed by atoms with Crippen LogP contribution in [-0.4, -0.2) is 23.1 Å². The first-order valence-electron chi connectivity index (χ1n) is 8.03. The van der Waals surface area contributed by atoms with Gasteiger partial charge in [0.1, 0.15) is 5.82 Å². The highest BCUT2D eigenvalue weighted by molar-refractivity contribution is 5.90. The van der Waals surface area contributed by atoms with Gasteiger partial charge in [-0.2, -0.15) is 4.98 Å². The third-order valence-electron chi connectivity index (χ3n) is 4.58. The van der Waals surface area contributed by atoms with Crippen molar-refractivity contribution in [2.24, 2.45) is 5.92 Å². The highest BCUT2D eigenvalue weighted by atomic mass is 15.1. The highest BCUT2D eigenvalue weighted by Gasteiger charge is 2.24. The third-order valence-corrected chi connectivity index (χ3v) is 4.58. The Morgan fingerprint density at radius 2 is 1.95 bits per heavy atom. The molecule has 21 heavy (non-hydrogen) atoms. The fourth-order valence-corrected chi connectivity index (χ4v) is 3.36. The summed E-state index contributed by atoms with van der Waals surface area (Å²) in [5, 5.41) is 7.88. The van der Waals surface area contributed by atoms with Crippen LogP contribution in [0.15, 0.2) is 24.3 Å². The first-order chi connectivity index (χ1) is 10.3. The summed E-state index contributed by atoms with van der Waals surface area (Å²) in [7, 11) is 1.86. The monoisotopic (exact) mass is 284 g/mol. The standard InChI is InChI=1S/C17H24N4/c1-3-12-8-4-6-10-14(12)19-16-13-9-5-7-11-15(13)20-17(18-2)21-16/h5,7,9,11-12,14H,3-4,6,8,10H2,1-2H3,(H2,18,19,20,21). The Morgan fingerprint density at radius 3 is 2.76 bits per heavy atom. The summed E-state index contributed by atoms with van der Waals surface area (Å²) in [4.78, 5) is 9.17. The Kier molecular flexibility index (Phi) is 4.23.